The van der Waals surface area contributed by atoms with Crippen LogP contribution in [0.3, 0.4) is 0 Å². The molecular weight excluding hydrogens is 484 g/mol. The molecule has 2 N–H and O–H groups in total. The van der Waals surface area contributed by atoms with Crippen LogP contribution in [-0.4, -0.2) is 32.8 Å². The van der Waals surface area contributed by atoms with Crippen molar-refractivity contribution in [1.82, 2.24) is 19.8 Å². The van der Waals surface area contributed by atoms with Crippen LogP contribution in [0.5, 0.6) is 0 Å². The van der Waals surface area contributed by atoms with E-state index in [-0.39, 0.29) is 35.8 Å². The fourth-order valence-electron chi connectivity index (χ4n) is 3.65. The topological polar surface area (TPSA) is 87.2 Å². The number of hydrogen-bond acceptors (Lipinski definition) is 3. The van der Waals surface area contributed by atoms with Gasteiger partial charge in [-0.3, -0.25) is 14.2 Å². The highest BCUT2D eigenvalue weighted by Crippen LogP contribution is 2.25. The van der Waals surface area contributed by atoms with Gasteiger partial charge >= 0.3 is 5.69 Å². The van der Waals surface area contributed by atoms with Gasteiger partial charge in [0.2, 0.25) is 0 Å². The molecule has 2 aromatic carbocycles. The standard InChI is InChI=1S/C22H20BrClN4O3/c1-13(14-5-3-2-4-6-14)25-20(29)19-18-12-27(9-10-28(18)22(31)26-19)21(30)15-7-8-16(23)17(24)11-15/h2-8,11,13H,9-10,12H2,1H3,(H,25,29)(H,26,31). The molecule has 160 valence electrons. The zero-order valence-corrected chi connectivity index (χ0v) is 19.0. The lowest BCUT2D eigenvalue weighted by atomic mass is 10.1. The summed E-state index contributed by atoms with van der Waals surface area (Å²) in [5.41, 5.74) is 1.72. The van der Waals surface area contributed by atoms with Gasteiger partial charge in [-0.1, -0.05) is 41.9 Å². The van der Waals surface area contributed by atoms with E-state index in [0.29, 0.717) is 33.8 Å². The highest BCUT2D eigenvalue weighted by Gasteiger charge is 2.29. The minimum Gasteiger partial charge on any atom is -0.344 e. The second-order valence-electron chi connectivity index (χ2n) is 7.36. The maximum atomic E-state index is 13.0. The highest BCUT2D eigenvalue weighted by molar-refractivity contribution is 9.10. The number of fused-ring (bicyclic) bond motifs is 1. The van der Waals surface area contributed by atoms with Gasteiger partial charge in [-0.05, 0) is 46.6 Å². The van der Waals surface area contributed by atoms with Gasteiger partial charge in [0.25, 0.3) is 11.8 Å². The Hall–Kier alpha value is -2.84. The van der Waals surface area contributed by atoms with E-state index in [0.717, 1.165) is 5.56 Å². The van der Waals surface area contributed by atoms with E-state index in [9.17, 15) is 14.4 Å². The Bertz CT molecular complexity index is 1210. The molecule has 0 saturated carbocycles. The zero-order chi connectivity index (χ0) is 22.1. The molecule has 2 heterocycles. The van der Waals surface area contributed by atoms with Crippen LogP contribution in [0.4, 0.5) is 0 Å². The maximum absolute atomic E-state index is 13.0. The van der Waals surface area contributed by atoms with Gasteiger partial charge in [0.05, 0.1) is 23.3 Å². The number of nitrogens with zero attached hydrogens (tertiary/aromatic N) is 2. The Balaban J connectivity index is 1.56. The normalized spacial score (nSPS) is 14.1. The van der Waals surface area contributed by atoms with Crippen LogP contribution >= 0.6 is 27.5 Å². The van der Waals surface area contributed by atoms with Gasteiger partial charge in [0.1, 0.15) is 5.69 Å². The van der Waals surface area contributed by atoms with E-state index >= 15 is 0 Å². The average Bonchev–Trinajstić information content (AvgIpc) is 3.11. The summed E-state index contributed by atoms with van der Waals surface area (Å²) in [5, 5.41) is 3.36. The monoisotopic (exact) mass is 502 g/mol. The molecule has 0 saturated heterocycles. The molecule has 0 radical (unpaired) electrons. The minimum atomic E-state index is -0.386. The smallest absolute Gasteiger partial charge is 0.326 e. The van der Waals surface area contributed by atoms with Gasteiger partial charge in [-0.15, -0.1) is 0 Å². The van der Waals surface area contributed by atoms with Crippen molar-refractivity contribution in [2.45, 2.75) is 26.1 Å². The molecule has 1 unspecified atom stereocenters. The van der Waals surface area contributed by atoms with E-state index in [1.54, 1.807) is 23.1 Å². The number of carbonyl (C=O) groups excluding carboxylic acids is 2. The van der Waals surface area contributed by atoms with Gasteiger partial charge in [-0.2, -0.15) is 0 Å². The number of aromatic amines is 1. The van der Waals surface area contributed by atoms with Crippen molar-refractivity contribution in [3.63, 3.8) is 0 Å². The summed E-state index contributed by atoms with van der Waals surface area (Å²) in [4.78, 5) is 42.5. The van der Waals surface area contributed by atoms with Crippen molar-refractivity contribution in [3.05, 3.63) is 91.0 Å². The third-order valence-corrected chi connectivity index (χ3v) is 6.59. The average molecular weight is 504 g/mol. The fourth-order valence-corrected chi connectivity index (χ4v) is 4.08. The number of rotatable bonds is 4. The molecule has 31 heavy (non-hydrogen) atoms. The summed E-state index contributed by atoms with van der Waals surface area (Å²) >= 11 is 9.44. The first-order valence-corrected chi connectivity index (χ1v) is 10.9. The van der Waals surface area contributed by atoms with Crippen molar-refractivity contribution in [1.29, 1.82) is 0 Å². The van der Waals surface area contributed by atoms with Crippen LogP contribution in [0.2, 0.25) is 5.02 Å². The number of hydrogen-bond donors (Lipinski definition) is 2. The summed E-state index contributed by atoms with van der Waals surface area (Å²) in [6, 6.07) is 14.3. The first-order chi connectivity index (χ1) is 14.8. The summed E-state index contributed by atoms with van der Waals surface area (Å²) in [6.45, 7) is 2.69. The molecule has 0 spiro atoms. The quantitative estimate of drug-likeness (QED) is 0.569. The molecule has 1 atom stereocenters. The molecule has 0 aliphatic carbocycles. The summed E-state index contributed by atoms with van der Waals surface area (Å²) in [5.74, 6) is -0.596. The van der Waals surface area contributed by atoms with E-state index in [1.165, 1.54) is 4.57 Å². The number of benzene rings is 2. The zero-order valence-electron chi connectivity index (χ0n) is 16.7. The Kier molecular flexibility index (Phi) is 6.02. The van der Waals surface area contributed by atoms with E-state index < -0.39 is 0 Å². The van der Waals surface area contributed by atoms with Crippen LogP contribution in [0.1, 0.15) is 45.1 Å². The molecule has 0 fully saturated rings. The van der Waals surface area contributed by atoms with Crippen molar-refractivity contribution < 1.29 is 9.59 Å². The first-order valence-electron chi connectivity index (χ1n) is 9.77. The van der Waals surface area contributed by atoms with Gasteiger partial charge in [0.15, 0.2) is 0 Å². The van der Waals surface area contributed by atoms with Gasteiger partial charge < -0.3 is 15.2 Å². The largest absolute Gasteiger partial charge is 0.344 e. The number of nitrogens with one attached hydrogen (secondary N) is 2. The number of halogens is 2. The number of carbonyl (C=O) groups is 2. The molecule has 1 aliphatic heterocycles. The predicted octanol–water partition coefficient (Wildman–Crippen LogP) is 3.74. The van der Waals surface area contributed by atoms with Crippen LogP contribution in [0.15, 0.2) is 57.8 Å². The maximum Gasteiger partial charge on any atom is 0.326 e. The van der Waals surface area contributed by atoms with Crippen molar-refractivity contribution in [3.8, 4) is 0 Å². The fraction of sp³-hybridized carbons (Fsp3) is 0.227. The number of H-pyrrole nitrogens is 1. The lowest BCUT2D eigenvalue weighted by molar-refractivity contribution is 0.0706. The van der Waals surface area contributed by atoms with Crippen LogP contribution in [0.25, 0.3) is 0 Å². The van der Waals surface area contributed by atoms with Crippen molar-refractivity contribution >= 4 is 39.3 Å². The van der Waals surface area contributed by atoms with Crippen LogP contribution in [-0.2, 0) is 13.1 Å². The summed E-state index contributed by atoms with van der Waals surface area (Å²) in [6.07, 6.45) is 0. The predicted molar refractivity (Wildman–Crippen MR) is 121 cm³/mol. The number of amides is 2. The van der Waals surface area contributed by atoms with Crippen molar-refractivity contribution in [2.24, 2.45) is 0 Å². The summed E-state index contributed by atoms with van der Waals surface area (Å²) < 4.78 is 2.22. The molecule has 2 amide bonds. The molecule has 4 rings (SSSR count). The lowest BCUT2D eigenvalue weighted by Gasteiger charge is -2.28. The van der Waals surface area contributed by atoms with Gasteiger partial charge in [0, 0.05) is 23.1 Å². The number of aromatic nitrogens is 2. The molecule has 0 bridgehead atoms. The second kappa shape index (κ2) is 8.72. The molecule has 1 aliphatic rings. The lowest BCUT2D eigenvalue weighted by Crippen LogP contribution is -2.41. The van der Waals surface area contributed by atoms with E-state index in [1.807, 2.05) is 37.3 Å². The highest BCUT2D eigenvalue weighted by atomic mass is 79.9. The Morgan fingerprint density at radius 3 is 2.61 bits per heavy atom. The molecular formula is C22H20BrClN4O3. The van der Waals surface area contributed by atoms with Crippen molar-refractivity contribution in [2.75, 3.05) is 6.54 Å². The Morgan fingerprint density at radius 1 is 1.16 bits per heavy atom. The molecule has 3 aromatic rings. The van der Waals surface area contributed by atoms with Gasteiger partial charge in [-0.25, -0.2) is 4.79 Å². The SMILES string of the molecule is CC(NC(=O)c1[nH]c(=O)n2c1CN(C(=O)c1ccc(Br)c(Cl)c1)CC2)c1ccccc1. The third-order valence-electron chi connectivity index (χ3n) is 5.35. The van der Waals surface area contributed by atoms with E-state index in [4.69, 9.17) is 11.6 Å². The number of imidazole rings is 1. The molecule has 1 aromatic heterocycles. The van der Waals surface area contributed by atoms with Crippen LogP contribution in [0, 0.1) is 0 Å². The Morgan fingerprint density at radius 2 is 1.90 bits per heavy atom. The molecule has 9 heteroatoms. The Labute approximate surface area is 192 Å². The second-order valence-corrected chi connectivity index (χ2v) is 8.63. The summed E-state index contributed by atoms with van der Waals surface area (Å²) in [7, 11) is 0. The van der Waals surface area contributed by atoms with E-state index in [2.05, 4.69) is 26.2 Å². The first kappa shape index (κ1) is 21.4. The molecule has 7 nitrogen and oxygen atoms in total. The third kappa shape index (κ3) is 4.31. The minimum absolute atomic E-state index is 0.147. The van der Waals surface area contributed by atoms with Crippen LogP contribution < -0.4 is 11.0 Å².